The smallest absolute Gasteiger partial charge is 0.246 e. The molecule has 0 atom stereocenters. The molecule has 0 amide bonds. The molecule has 0 spiro atoms. The number of hydrogen-bond acceptors (Lipinski definition) is 6. The van der Waals surface area contributed by atoms with E-state index < -0.39 is 5.41 Å². The SMILES string of the molecule is C=CC#Cc1nc2c(cc1OC)C(=C)C=CN=C2Oc1ccc(/C=C/C(=O)C2(C(=O)/C=C/c3ccc(F)cc3)CC2)cc1. The van der Waals surface area contributed by atoms with Crippen LogP contribution in [0.1, 0.15) is 40.9 Å². The van der Waals surface area contributed by atoms with E-state index in [-0.39, 0.29) is 23.3 Å². The highest BCUT2D eigenvalue weighted by Gasteiger charge is 2.53. The first-order valence-electron chi connectivity index (χ1n) is 13.5. The third-order valence-electron chi connectivity index (χ3n) is 7.03. The molecule has 0 bridgehead atoms. The Kier molecular flexibility index (Phi) is 8.40. The van der Waals surface area contributed by atoms with E-state index in [4.69, 9.17) is 9.47 Å². The van der Waals surface area contributed by atoms with Crippen molar-refractivity contribution in [3.63, 3.8) is 0 Å². The van der Waals surface area contributed by atoms with E-state index in [2.05, 4.69) is 35.0 Å². The van der Waals surface area contributed by atoms with Gasteiger partial charge in [-0.15, -0.1) is 0 Å². The summed E-state index contributed by atoms with van der Waals surface area (Å²) in [5, 5.41) is 0. The number of halogens is 1. The van der Waals surface area contributed by atoms with Gasteiger partial charge in [0.15, 0.2) is 23.0 Å². The summed E-state index contributed by atoms with van der Waals surface area (Å²) in [4.78, 5) is 34.9. The Bertz CT molecular complexity index is 1800. The summed E-state index contributed by atoms with van der Waals surface area (Å²) in [6.45, 7) is 7.72. The number of ether oxygens (including phenoxy) is 2. The van der Waals surface area contributed by atoms with Crippen LogP contribution in [0.25, 0.3) is 17.7 Å². The van der Waals surface area contributed by atoms with Crippen LogP contribution in [-0.4, -0.2) is 29.6 Å². The zero-order chi connectivity index (χ0) is 30.4. The van der Waals surface area contributed by atoms with Crippen molar-refractivity contribution in [3.05, 3.63) is 132 Å². The van der Waals surface area contributed by atoms with Gasteiger partial charge in [0.2, 0.25) is 5.90 Å². The Morgan fingerprint density at radius 1 is 1.00 bits per heavy atom. The molecule has 7 heteroatoms. The minimum atomic E-state index is -1.02. The van der Waals surface area contributed by atoms with E-state index in [1.807, 2.05) is 0 Å². The Balaban J connectivity index is 1.29. The summed E-state index contributed by atoms with van der Waals surface area (Å²) in [7, 11) is 1.54. The van der Waals surface area contributed by atoms with Gasteiger partial charge in [-0.25, -0.2) is 14.4 Å². The number of pyridine rings is 1. The number of rotatable bonds is 8. The lowest BCUT2D eigenvalue weighted by atomic mass is 9.93. The van der Waals surface area contributed by atoms with E-state index in [0.29, 0.717) is 52.4 Å². The molecule has 2 heterocycles. The van der Waals surface area contributed by atoms with E-state index in [9.17, 15) is 14.0 Å². The zero-order valence-electron chi connectivity index (χ0n) is 23.5. The maximum absolute atomic E-state index is 13.1. The van der Waals surface area contributed by atoms with Gasteiger partial charge in [0.05, 0.1) is 12.5 Å². The molecular formula is C36H27FN2O4. The highest BCUT2D eigenvalue weighted by Crippen LogP contribution is 2.48. The first kappa shape index (κ1) is 28.9. The van der Waals surface area contributed by atoms with Crippen LogP contribution in [-0.2, 0) is 9.59 Å². The second-order valence-electron chi connectivity index (χ2n) is 9.88. The number of hydrogen-bond donors (Lipinski definition) is 0. The van der Waals surface area contributed by atoms with Crippen molar-refractivity contribution in [2.24, 2.45) is 10.4 Å². The van der Waals surface area contributed by atoms with Crippen molar-refractivity contribution in [2.45, 2.75) is 12.8 Å². The fraction of sp³-hybridized carbons (Fsp3) is 0.111. The number of aliphatic imine (C=N–C) groups is 1. The Labute approximate surface area is 249 Å². The first-order valence-corrected chi connectivity index (χ1v) is 13.5. The third kappa shape index (κ3) is 6.50. The predicted molar refractivity (Wildman–Crippen MR) is 166 cm³/mol. The van der Waals surface area contributed by atoms with Crippen LogP contribution in [0.2, 0.25) is 0 Å². The van der Waals surface area contributed by atoms with Gasteiger partial charge in [-0.2, -0.15) is 0 Å². The van der Waals surface area contributed by atoms with Gasteiger partial charge >= 0.3 is 0 Å². The van der Waals surface area contributed by atoms with E-state index >= 15 is 0 Å². The number of benzene rings is 2. The molecule has 1 aliphatic carbocycles. The van der Waals surface area contributed by atoms with Crippen molar-refractivity contribution in [1.29, 1.82) is 0 Å². The first-order chi connectivity index (χ1) is 20.8. The Morgan fingerprint density at radius 2 is 1.63 bits per heavy atom. The van der Waals surface area contributed by atoms with Gasteiger partial charge in [0.1, 0.15) is 17.3 Å². The lowest BCUT2D eigenvalue weighted by Gasteiger charge is -2.13. The van der Waals surface area contributed by atoms with E-state index in [0.717, 1.165) is 5.56 Å². The molecule has 2 aliphatic rings. The number of fused-ring (bicyclic) bond motifs is 1. The minimum Gasteiger partial charge on any atom is -0.494 e. The van der Waals surface area contributed by atoms with Crippen molar-refractivity contribution in [1.82, 2.24) is 4.98 Å². The highest BCUT2D eigenvalue weighted by atomic mass is 19.1. The lowest BCUT2D eigenvalue weighted by Crippen LogP contribution is -2.22. The topological polar surface area (TPSA) is 77.9 Å². The van der Waals surface area contributed by atoms with E-state index in [1.165, 1.54) is 30.4 Å². The number of nitrogens with zero attached hydrogens (tertiary/aromatic N) is 2. The van der Waals surface area contributed by atoms with Crippen LogP contribution < -0.4 is 9.47 Å². The van der Waals surface area contributed by atoms with Crippen LogP contribution in [0.4, 0.5) is 4.39 Å². The molecule has 1 aromatic heterocycles. The van der Waals surface area contributed by atoms with Crippen molar-refractivity contribution in [3.8, 4) is 23.3 Å². The molecule has 6 nitrogen and oxygen atoms in total. The standard InChI is InChI=1S/C36H27FN2O4/c1-4-5-6-30-31(42-3)23-29-24(2)19-22-38-35(34(29)39-30)43-28-15-9-26(10-16-28)12-18-33(41)36(20-21-36)32(40)17-11-25-7-13-27(37)14-8-25/h4,7-19,22-23H,1-2,20-21H2,3H3/b17-11+,18-12+. The lowest BCUT2D eigenvalue weighted by molar-refractivity contribution is -0.129. The van der Waals surface area contributed by atoms with Crippen molar-refractivity contribution in [2.75, 3.05) is 7.11 Å². The average Bonchev–Trinajstić information content (AvgIpc) is 3.85. The predicted octanol–water partition coefficient (Wildman–Crippen LogP) is 6.78. The van der Waals surface area contributed by atoms with Gasteiger partial charge in [0, 0.05) is 11.8 Å². The molecule has 5 rings (SSSR count). The molecule has 1 saturated carbocycles. The second-order valence-corrected chi connectivity index (χ2v) is 9.88. The highest BCUT2D eigenvalue weighted by molar-refractivity contribution is 6.19. The summed E-state index contributed by atoms with van der Waals surface area (Å²) < 4.78 is 24.7. The average molecular weight is 571 g/mol. The van der Waals surface area contributed by atoms with Crippen LogP contribution >= 0.6 is 0 Å². The number of methoxy groups -OCH3 is 1. The van der Waals surface area contributed by atoms with Gasteiger partial charge in [-0.1, -0.05) is 55.5 Å². The summed E-state index contributed by atoms with van der Waals surface area (Å²) in [6.07, 6.45) is 11.9. The molecule has 1 aliphatic heterocycles. The monoisotopic (exact) mass is 570 g/mol. The molecule has 0 radical (unpaired) electrons. The molecule has 0 saturated heterocycles. The zero-order valence-corrected chi connectivity index (χ0v) is 23.5. The van der Waals surface area contributed by atoms with Crippen molar-refractivity contribution >= 4 is 35.2 Å². The number of ketones is 2. The summed E-state index contributed by atoms with van der Waals surface area (Å²) in [6, 6.07) is 14.7. The molecule has 3 aromatic rings. The maximum atomic E-state index is 13.1. The van der Waals surface area contributed by atoms with Gasteiger partial charge in [-0.05, 0) is 90.1 Å². The molecular weight excluding hydrogens is 543 g/mol. The number of carbonyl (C=O) groups is 2. The number of aromatic nitrogens is 1. The summed E-state index contributed by atoms with van der Waals surface area (Å²) in [5.41, 5.74) is 2.68. The maximum Gasteiger partial charge on any atom is 0.246 e. The minimum absolute atomic E-state index is 0.241. The Hall–Kier alpha value is -5.61. The molecule has 2 aromatic carbocycles. The summed E-state index contributed by atoms with van der Waals surface area (Å²) >= 11 is 0. The number of allylic oxidation sites excluding steroid dienone is 5. The van der Waals surface area contributed by atoms with Crippen LogP contribution in [0.3, 0.4) is 0 Å². The largest absolute Gasteiger partial charge is 0.494 e. The summed E-state index contributed by atoms with van der Waals surface area (Å²) in [5.74, 6) is 6.12. The molecule has 43 heavy (non-hydrogen) atoms. The van der Waals surface area contributed by atoms with Crippen LogP contribution in [0.5, 0.6) is 11.5 Å². The Morgan fingerprint density at radius 3 is 2.21 bits per heavy atom. The van der Waals surface area contributed by atoms with Gasteiger partial charge in [-0.3, -0.25) is 9.59 Å². The fourth-order valence-electron chi connectivity index (χ4n) is 4.42. The normalized spacial score (nSPS) is 14.7. The molecule has 1 fully saturated rings. The second kappa shape index (κ2) is 12.5. The third-order valence-corrected chi connectivity index (χ3v) is 7.03. The van der Waals surface area contributed by atoms with Gasteiger partial charge < -0.3 is 9.47 Å². The van der Waals surface area contributed by atoms with E-state index in [1.54, 1.807) is 74.0 Å². The number of carbonyl (C=O) groups excluding carboxylic acids is 2. The van der Waals surface area contributed by atoms with Gasteiger partial charge in [0.25, 0.3) is 0 Å². The van der Waals surface area contributed by atoms with Crippen molar-refractivity contribution < 1.29 is 23.5 Å². The molecule has 212 valence electrons. The van der Waals surface area contributed by atoms with Crippen LogP contribution in [0, 0.1) is 23.1 Å². The molecule has 0 unspecified atom stereocenters. The molecule has 0 N–H and O–H groups in total. The van der Waals surface area contributed by atoms with Crippen LogP contribution in [0.15, 0.2) is 103 Å². The fourth-order valence-corrected chi connectivity index (χ4v) is 4.42. The quantitative estimate of drug-likeness (QED) is 0.170.